The van der Waals surface area contributed by atoms with Crippen LogP contribution in [-0.2, 0) is 0 Å². The third-order valence-electron chi connectivity index (χ3n) is 5.28. The van der Waals surface area contributed by atoms with Crippen LogP contribution in [0.25, 0.3) is 0 Å². The maximum Gasteiger partial charge on any atom is 0.161 e. The van der Waals surface area contributed by atoms with Gasteiger partial charge in [0.15, 0.2) is 11.5 Å². The third-order valence-corrected chi connectivity index (χ3v) is 5.28. The highest BCUT2D eigenvalue weighted by atomic mass is 16.5. The summed E-state index contributed by atoms with van der Waals surface area (Å²) in [7, 11) is 3.41. The van der Waals surface area contributed by atoms with Crippen LogP contribution in [0.1, 0.15) is 43.4 Å². The molecule has 0 aliphatic heterocycles. The third kappa shape index (κ3) is 2.76. The quantitative estimate of drug-likeness (QED) is 0.866. The summed E-state index contributed by atoms with van der Waals surface area (Å²) in [6.45, 7) is 5.38. The van der Waals surface area contributed by atoms with E-state index in [0.29, 0.717) is 6.04 Å². The highest BCUT2D eigenvalue weighted by Crippen LogP contribution is 2.57. The molecular weight excluding hydrogens is 262 g/mol. The Balaban J connectivity index is 1.90. The van der Waals surface area contributed by atoms with Crippen molar-refractivity contribution in [3.05, 3.63) is 23.3 Å². The van der Waals surface area contributed by atoms with Crippen LogP contribution in [-0.4, -0.2) is 20.8 Å². The molecule has 0 saturated heterocycles. The van der Waals surface area contributed by atoms with Crippen LogP contribution in [0.5, 0.6) is 11.5 Å². The Hall–Kier alpha value is -1.22. The summed E-state index contributed by atoms with van der Waals surface area (Å²) >= 11 is 0. The van der Waals surface area contributed by atoms with Gasteiger partial charge in [-0.1, -0.05) is 6.92 Å². The number of hydrogen-bond donors (Lipinski definition) is 1. The Morgan fingerprint density at radius 1 is 1.10 bits per heavy atom. The molecule has 0 heterocycles. The SMILES string of the molecule is CCNC(c1cc(OC)c(OC)cc1C)C1CC2CC2C1. The molecule has 1 N–H and O–H groups in total. The van der Waals surface area contributed by atoms with Gasteiger partial charge in [0, 0.05) is 6.04 Å². The van der Waals surface area contributed by atoms with Gasteiger partial charge in [-0.15, -0.1) is 0 Å². The van der Waals surface area contributed by atoms with Crippen LogP contribution in [0.3, 0.4) is 0 Å². The van der Waals surface area contributed by atoms with Gasteiger partial charge in [-0.25, -0.2) is 0 Å². The number of aryl methyl sites for hydroxylation is 1. The molecule has 3 rings (SSSR count). The second-order valence-corrected chi connectivity index (χ2v) is 6.59. The first-order valence-electron chi connectivity index (χ1n) is 8.13. The van der Waals surface area contributed by atoms with Crippen LogP contribution >= 0.6 is 0 Å². The fourth-order valence-electron chi connectivity index (χ4n) is 4.12. The van der Waals surface area contributed by atoms with Gasteiger partial charge in [-0.3, -0.25) is 0 Å². The lowest BCUT2D eigenvalue weighted by atomic mass is 9.86. The number of nitrogens with one attached hydrogen (secondary N) is 1. The maximum atomic E-state index is 5.50. The molecule has 2 aliphatic rings. The first-order chi connectivity index (χ1) is 10.2. The standard InChI is InChI=1S/C18H27NO2/c1-5-19-18(14-8-12-7-13(12)9-14)15-10-17(21-4)16(20-3)6-11(15)2/h6,10,12-14,18-19H,5,7-9H2,1-4H3. The van der Waals surface area contributed by atoms with Gasteiger partial charge in [0.1, 0.15) is 0 Å². The van der Waals surface area contributed by atoms with Crippen molar-refractivity contribution in [1.29, 1.82) is 0 Å². The first kappa shape index (κ1) is 14.7. The van der Waals surface area contributed by atoms with E-state index in [-0.39, 0.29) is 0 Å². The van der Waals surface area contributed by atoms with E-state index in [4.69, 9.17) is 9.47 Å². The second kappa shape index (κ2) is 5.88. The molecule has 3 atom stereocenters. The number of rotatable bonds is 6. The fourth-order valence-corrected chi connectivity index (χ4v) is 4.12. The molecule has 1 aromatic rings. The first-order valence-corrected chi connectivity index (χ1v) is 8.13. The lowest BCUT2D eigenvalue weighted by molar-refractivity contribution is 0.336. The van der Waals surface area contributed by atoms with Gasteiger partial charge >= 0.3 is 0 Å². The minimum atomic E-state index is 0.447. The summed E-state index contributed by atoms with van der Waals surface area (Å²) in [5.74, 6) is 4.45. The molecule has 3 nitrogen and oxygen atoms in total. The van der Waals surface area contributed by atoms with E-state index in [0.717, 1.165) is 35.8 Å². The summed E-state index contributed by atoms with van der Waals surface area (Å²) in [5.41, 5.74) is 2.67. The Morgan fingerprint density at radius 3 is 2.29 bits per heavy atom. The summed E-state index contributed by atoms with van der Waals surface area (Å²) in [4.78, 5) is 0. The van der Waals surface area contributed by atoms with E-state index >= 15 is 0 Å². The molecule has 0 aromatic heterocycles. The predicted octanol–water partition coefficient (Wildman–Crippen LogP) is 3.71. The molecule has 0 amide bonds. The normalized spacial score (nSPS) is 28.1. The molecule has 0 radical (unpaired) electrons. The Labute approximate surface area is 128 Å². The Kier molecular flexibility index (Phi) is 4.12. The van der Waals surface area contributed by atoms with E-state index in [1.165, 1.54) is 30.4 Å². The van der Waals surface area contributed by atoms with Gasteiger partial charge in [-0.2, -0.15) is 0 Å². The topological polar surface area (TPSA) is 30.5 Å². The van der Waals surface area contributed by atoms with E-state index in [1.807, 2.05) is 0 Å². The monoisotopic (exact) mass is 289 g/mol. The number of fused-ring (bicyclic) bond motifs is 1. The van der Waals surface area contributed by atoms with Gasteiger partial charge in [0.25, 0.3) is 0 Å². The molecule has 1 aromatic carbocycles. The zero-order valence-electron chi connectivity index (χ0n) is 13.6. The number of hydrogen-bond acceptors (Lipinski definition) is 3. The number of ether oxygens (including phenoxy) is 2. The summed E-state index contributed by atoms with van der Waals surface area (Å²) < 4.78 is 10.9. The predicted molar refractivity (Wildman–Crippen MR) is 85.0 cm³/mol. The number of benzene rings is 1. The van der Waals surface area contributed by atoms with Crippen molar-refractivity contribution < 1.29 is 9.47 Å². The van der Waals surface area contributed by atoms with Gasteiger partial charge in [0.05, 0.1) is 14.2 Å². The van der Waals surface area contributed by atoms with Crippen LogP contribution < -0.4 is 14.8 Å². The van der Waals surface area contributed by atoms with Crippen LogP contribution in [0, 0.1) is 24.7 Å². The van der Waals surface area contributed by atoms with Gasteiger partial charge in [0.2, 0.25) is 0 Å². The average molecular weight is 289 g/mol. The zero-order chi connectivity index (χ0) is 15.0. The zero-order valence-corrected chi connectivity index (χ0v) is 13.6. The minimum absolute atomic E-state index is 0.447. The highest BCUT2D eigenvalue weighted by molar-refractivity contribution is 5.48. The summed E-state index contributed by atoms with van der Waals surface area (Å²) in [6.07, 6.45) is 4.24. The molecule has 3 unspecified atom stereocenters. The van der Waals surface area contributed by atoms with Crippen molar-refractivity contribution >= 4 is 0 Å². The van der Waals surface area contributed by atoms with Crippen LogP contribution in [0.2, 0.25) is 0 Å². The smallest absolute Gasteiger partial charge is 0.161 e. The molecule has 0 spiro atoms. The number of methoxy groups -OCH3 is 2. The summed E-state index contributed by atoms with van der Waals surface area (Å²) in [5, 5.41) is 3.72. The lowest BCUT2D eigenvalue weighted by Gasteiger charge is -2.28. The van der Waals surface area contributed by atoms with E-state index in [2.05, 4.69) is 31.3 Å². The van der Waals surface area contributed by atoms with Crippen molar-refractivity contribution in [1.82, 2.24) is 5.32 Å². The maximum absolute atomic E-state index is 5.50. The van der Waals surface area contributed by atoms with Crippen molar-refractivity contribution in [2.24, 2.45) is 17.8 Å². The molecule has 116 valence electrons. The highest BCUT2D eigenvalue weighted by Gasteiger charge is 2.48. The minimum Gasteiger partial charge on any atom is -0.493 e. The van der Waals surface area contributed by atoms with E-state index in [1.54, 1.807) is 14.2 Å². The molecule has 2 aliphatic carbocycles. The van der Waals surface area contributed by atoms with Gasteiger partial charge < -0.3 is 14.8 Å². The molecule has 0 bridgehead atoms. The van der Waals surface area contributed by atoms with Crippen LogP contribution in [0.15, 0.2) is 12.1 Å². The summed E-state index contributed by atoms with van der Waals surface area (Å²) in [6, 6.07) is 4.72. The van der Waals surface area contributed by atoms with Crippen molar-refractivity contribution in [2.75, 3.05) is 20.8 Å². The van der Waals surface area contributed by atoms with Crippen LogP contribution in [0.4, 0.5) is 0 Å². The van der Waals surface area contributed by atoms with Crippen molar-refractivity contribution in [2.45, 2.75) is 39.2 Å². The molecular formula is C18H27NO2. The average Bonchev–Trinajstić information content (AvgIpc) is 3.11. The van der Waals surface area contributed by atoms with Crippen molar-refractivity contribution in [3.63, 3.8) is 0 Å². The molecule has 2 saturated carbocycles. The Bertz CT molecular complexity index is 504. The molecule has 2 fully saturated rings. The Morgan fingerprint density at radius 2 is 1.71 bits per heavy atom. The molecule has 21 heavy (non-hydrogen) atoms. The largest absolute Gasteiger partial charge is 0.493 e. The van der Waals surface area contributed by atoms with E-state index in [9.17, 15) is 0 Å². The van der Waals surface area contributed by atoms with E-state index < -0.39 is 0 Å². The lowest BCUT2D eigenvalue weighted by Crippen LogP contribution is -2.28. The van der Waals surface area contributed by atoms with Gasteiger partial charge in [-0.05, 0) is 73.7 Å². The fraction of sp³-hybridized carbons (Fsp3) is 0.667. The van der Waals surface area contributed by atoms with Crippen molar-refractivity contribution in [3.8, 4) is 11.5 Å². The molecule has 3 heteroatoms. The second-order valence-electron chi connectivity index (χ2n) is 6.59.